The van der Waals surface area contributed by atoms with Crippen molar-refractivity contribution in [2.24, 2.45) is 0 Å². The average Bonchev–Trinajstić information content (AvgIpc) is 2.64. The SMILES string of the molecule is C=CCN(CC(C)N(CC=C)S(=O)(=O)c1ccccc1[N+](=O)[O-])C(=O)OC(C)(C)C. The van der Waals surface area contributed by atoms with Crippen LogP contribution in [-0.4, -0.2) is 59.9 Å². The van der Waals surface area contributed by atoms with Crippen molar-refractivity contribution in [2.45, 2.75) is 44.2 Å². The minimum Gasteiger partial charge on any atom is -0.444 e. The number of hydrogen-bond donors (Lipinski definition) is 0. The first-order chi connectivity index (χ1) is 13.8. The molecule has 0 saturated heterocycles. The Hall–Kier alpha value is -2.72. The summed E-state index contributed by atoms with van der Waals surface area (Å²) in [6.45, 7) is 14.0. The number of amides is 1. The van der Waals surface area contributed by atoms with E-state index in [1.807, 2.05) is 0 Å². The van der Waals surface area contributed by atoms with E-state index in [9.17, 15) is 23.3 Å². The van der Waals surface area contributed by atoms with Gasteiger partial charge in [-0.15, -0.1) is 13.2 Å². The Morgan fingerprint density at radius 2 is 1.80 bits per heavy atom. The van der Waals surface area contributed by atoms with Crippen LogP contribution in [0.25, 0.3) is 0 Å². The second-order valence-electron chi connectivity index (χ2n) is 7.61. The smallest absolute Gasteiger partial charge is 0.410 e. The number of carbonyl (C=O) groups excluding carboxylic acids is 1. The Morgan fingerprint density at radius 3 is 2.30 bits per heavy atom. The van der Waals surface area contributed by atoms with Gasteiger partial charge in [0, 0.05) is 31.7 Å². The predicted octanol–water partition coefficient (Wildman–Crippen LogP) is 3.58. The van der Waals surface area contributed by atoms with Crippen LogP contribution in [0.15, 0.2) is 54.5 Å². The summed E-state index contributed by atoms with van der Waals surface area (Å²) in [6.07, 6.45) is 2.27. The molecule has 1 atom stereocenters. The lowest BCUT2D eigenvalue weighted by molar-refractivity contribution is -0.387. The molecule has 0 aliphatic rings. The summed E-state index contributed by atoms with van der Waals surface area (Å²) in [7, 11) is -4.24. The molecular weight excluding hydrogens is 410 g/mol. The van der Waals surface area contributed by atoms with Crippen LogP contribution in [0.4, 0.5) is 10.5 Å². The second-order valence-corrected chi connectivity index (χ2v) is 9.47. The summed E-state index contributed by atoms with van der Waals surface area (Å²) in [4.78, 5) is 24.0. The number of nitro groups is 1. The van der Waals surface area contributed by atoms with E-state index in [2.05, 4.69) is 13.2 Å². The largest absolute Gasteiger partial charge is 0.444 e. The van der Waals surface area contributed by atoms with Gasteiger partial charge in [-0.3, -0.25) is 10.1 Å². The van der Waals surface area contributed by atoms with Gasteiger partial charge in [0.1, 0.15) is 5.60 Å². The van der Waals surface area contributed by atoms with Crippen LogP contribution in [0.1, 0.15) is 27.7 Å². The molecule has 0 N–H and O–H groups in total. The van der Waals surface area contributed by atoms with Gasteiger partial charge < -0.3 is 9.64 Å². The number of nitro benzene ring substituents is 1. The topological polar surface area (TPSA) is 110 Å². The van der Waals surface area contributed by atoms with Gasteiger partial charge in [-0.25, -0.2) is 13.2 Å². The van der Waals surface area contributed by atoms with Gasteiger partial charge in [0.2, 0.25) is 10.0 Å². The van der Waals surface area contributed by atoms with Crippen LogP contribution in [-0.2, 0) is 14.8 Å². The van der Waals surface area contributed by atoms with Crippen molar-refractivity contribution in [3.8, 4) is 0 Å². The third kappa shape index (κ3) is 6.67. The molecule has 0 bridgehead atoms. The van der Waals surface area contributed by atoms with Crippen molar-refractivity contribution >= 4 is 21.8 Å². The number of para-hydroxylation sites is 1. The molecule has 0 radical (unpaired) electrons. The number of carbonyl (C=O) groups is 1. The lowest BCUT2D eigenvalue weighted by Gasteiger charge is -2.33. The molecule has 9 nitrogen and oxygen atoms in total. The zero-order valence-corrected chi connectivity index (χ0v) is 18.6. The van der Waals surface area contributed by atoms with Crippen LogP contribution in [0.5, 0.6) is 0 Å². The Bertz CT molecular complexity index is 892. The number of hydrogen-bond acceptors (Lipinski definition) is 6. The highest BCUT2D eigenvalue weighted by atomic mass is 32.2. The Labute approximate surface area is 177 Å². The highest BCUT2D eigenvalue weighted by Crippen LogP contribution is 2.27. The molecule has 1 aromatic carbocycles. The predicted molar refractivity (Wildman–Crippen MR) is 115 cm³/mol. The van der Waals surface area contributed by atoms with Crippen molar-refractivity contribution in [2.75, 3.05) is 19.6 Å². The highest BCUT2D eigenvalue weighted by Gasteiger charge is 2.35. The molecule has 0 aromatic heterocycles. The van der Waals surface area contributed by atoms with E-state index >= 15 is 0 Å². The minimum absolute atomic E-state index is 0.00532. The van der Waals surface area contributed by atoms with Gasteiger partial charge >= 0.3 is 6.09 Å². The summed E-state index contributed by atoms with van der Waals surface area (Å²) >= 11 is 0. The number of benzene rings is 1. The molecule has 1 unspecified atom stereocenters. The molecule has 0 heterocycles. The van der Waals surface area contributed by atoms with Gasteiger partial charge in [-0.05, 0) is 33.8 Å². The van der Waals surface area contributed by atoms with Crippen LogP contribution < -0.4 is 0 Å². The molecule has 0 fully saturated rings. The summed E-state index contributed by atoms with van der Waals surface area (Å²) in [5.41, 5.74) is -1.24. The number of ether oxygens (including phenoxy) is 1. The molecule has 166 valence electrons. The number of nitrogens with zero attached hydrogens (tertiary/aromatic N) is 3. The second kappa shape index (κ2) is 10.4. The molecule has 10 heteroatoms. The van der Waals surface area contributed by atoms with Crippen LogP contribution >= 0.6 is 0 Å². The monoisotopic (exact) mass is 439 g/mol. The maximum absolute atomic E-state index is 13.2. The van der Waals surface area contributed by atoms with Gasteiger partial charge in [0.25, 0.3) is 5.69 Å². The van der Waals surface area contributed by atoms with Crippen LogP contribution in [0.2, 0.25) is 0 Å². The fourth-order valence-electron chi connectivity index (χ4n) is 2.71. The summed E-state index contributed by atoms with van der Waals surface area (Å²) in [5.74, 6) is 0. The zero-order valence-electron chi connectivity index (χ0n) is 17.8. The lowest BCUT2D eigenvalue weighted by Crippen LogP contribution is -2.48. The molecule has 1 amide bonds. The molecule has 1 aromatic rings. The van der Waals surface area contributed by atoms with E-state index in [4.69, 9.17) is 4.74 Å². The highest BCUT2D eigenvalue weighted by molar-refractivity contribution is 7.89. The first-order valence-electron chi connectivity index (χ1n) is 9.30. The van der Waals surface area contributed by atoms with Crippen molar-refractivity contribution in [3.63, 3.8) is 0 Å². The van der Waals surface area contributed by atoms with Crippen molar-refractivity contribution in [1.29, 1.82) is 0 Å². The zero-order chi connectivity index (χ0) is 23.1. The van der Waals surface area contributed by atoms with Crippen LogP contribution in [0, 0.1) is 10.1 Å². The fourth-order valence-corrected chi connectivity index (χ4v) is 4.46. The molecular formula is C20H29N3O6S. The first-order valence-corrected chi connectivity index (χ1v) is 10.7. The van der Waals surface area contributed by atoms with E-state index < -0.39 is 43.3 Å². The minimum atomic E-state index is -4.24. The number of rotatable bonds is 10. The van der Waals surface area contributed by atoms with Crippen molar-refractivity contribution < 1.29 is 22.9 Å². The summed E-state index contributed by atoms with van der Waals surface area (Å²) < 4.78 is 32.9. The maximum atomic E-state index is 13.2. The van der Waals surface area contributed by atoms with Crippen molar-refractivity contribution in [1.82, 2.24) is 9.21 Å². The normalized spacial score (nSPS) is 12.8. The standard InChI is InChI=1S/C20H29N3O6S/c1-7-13-21(19(24)29-20(4,5)6)15-16(3)22(14-8-2)30(27,28)18-12-10-9-11-17(18)23(25)26/h7-12,16H,1-2,13-15H2,3-6H3. The first kappa shape index (κ1) is 25.3. The van der Waals surface area contributed by atoms with Gasteiger partial charge in [-0.2, -0.15) is 4.31 Å². The lowest BCUT2D eigenvalue weighted by atomic mass is 10.2. The van der Waals surface area contributed by atoms with E-state index in [0.717, 1.165) is 10.4 Å². The Morgan fingerprint density at radius 1 is 1.23 bits per heavy atom. The van der Waals surface area contributed by atoms with Crippen molar-refractivity contribution in [3.05, 3.63) is 59.7 Å². The third-order valence-electron chi connectivity index (χ3n) is 3.94. The third-order valence-corrected chi connectivity index (χ3v) is 5.96. The average molecular weight is 440 g/mol. The quantitative estimate of drug-likeness (QED) is 0.313. The van der Waals surface area contributed by atoms with Gasteiger partial charge in [-0.1, -0.05) is 24.3 Å². The van der Waals surface area contributed by atoms with Gasteiger partial charge in [0.05, 0.1) is 4.92 Å². The molecule has 0 aliphatic carbocycles. The summed E-state index contributed by atoms with van der Waals surface area (Å²) in [6, 6.07) is 4.41. The summed E-state index contributed by atoms with van der Waals surface area (Å²) in [5, 5.41) is 11.3. The molecule has 1 rings (SSSR count). The van der Waals surface area contributed by atoms with Crippen LogP contribution in [0.3, 0.4) is 0 Å². The Kier molecular flexibility index (Phi) is 8.74. The Balaban J connectivity index is 3.27. The molecule has 0 saturated carbocycles. The van der Waals surface area contributed by atoms with E-state index in [-0.39, 0.29) is 19.6 Å². The molecule has 0 spiro atoms. The molecule has 30 heavy (non-hydrogen) atoms. The fraction of sp³-hybridized carbons (Fsp3) is 0.450. The van der Waals surface area contributed by atoms with E-state index in [0.29, 0.717) is 0 Å². The van der Waals surface area contributed by atoms with E-state index in [1.54, 1.807) is 27.7 Å². The number of sulfonamides is 1. The molecule has 0 aliphatic heterocycles. The van der Waals surface area contributed by atoms with E-state index in [1.165, 1.54) is 35.3 Å². The maximum Gasteiger partial charge on any atom is 0.410 e. The van der Waals surface area contributed by atoms with Gasteiger partial charge in [0.15, 0.2) is 4.90 Å².